The van der Waals surface area contributed by atoms with Gasteiger partial charge >= 0.3 is 0 Å². The summed E-state index contributed by atoms with van der Waals surface area (Å²) in [6, 6.07) is 0. The summed E-state index contributed by atoms with van der Waals surface area (Å²) in [5.41, 5.74) is 0. The monoisotopic (exact) mass is 241 g/mol. The van der Waals surface area contributed by atoms with Crippen LogP contribution in [0.15, 0.2) is 4.52 Å². The molecule has 4 nitrogen and oxygen atoms in total. The van der Waals surface area contributed by atoms with Crippen LogP contribution >= 0.6 is 11.8 Å². The number of rotatable bonds is 6. The van der Waals surface area contributed by atoms with E-state index in [1.54, 1.807) is 0 Å². The molecule has 2 rings (SSSR count). The van der Waals surface area contributed by atoms with E-state index in [9.17, 15) is 0 Å². The summed E-state index contributed by atoms with van der Waals surface area (Å²) >= 11 is 1.90. The van der Waals surface area contributed by atoms with Crippen LogP contribution < -0.4 is 5.32 Å². The van der Waals surface area contributed by atoms with Gasteiger partial charge in [0, 0.05) is 6.42 Å². The molecule has 1 saturated heterocycles. The zero-order chi connectivity index (χ0) is 11.4. The summed E-state index contributed by atoms with van der Waals surface area (Å²) in [7, 11) is 0. The summed E-state index contributed by atoms with van der Waals surface area (Å²) in [5, 5.41) is 7.26. The van der Waals surface area contributed by atoms with E-state index in [2.05, 4.69) is 29.3 Å². The highest BCUT2D eigenvalue weighted by Gasteiger charge is 2.16. The predicted molar refractivity (Wildman–Crippen MR) is 65.4 cm³/mol. The third-order valence-corrected chi connectivity index (χ3v) is 3.71. The molecule has 90 valence electrons. The Balaban J connectivity index is 1.69. The molecule has 0 bridgehead atoms. The van der Waals surface area contributed by atoms with Gasteiger partial charge in [-0.05, 0) is 30.7 Å². The highest BCUT2D eigenvalue weighted by Crippen LogP contribution is 2.16. The molecule has 0 aromatic carbocycles. The minimum absolute atomic E-state index is 0.571. The lowest BCUT2D eigenvalue weighted by atomic mass is 10.1. The SMILES string of the molecule is CC(C)Cc1nc(CSCC2CNC2)no1. The van der Waals surface area contributed by atoms with Gasteiger partial charge in [-0.2, -0.15) is 16.7 Å². The number of hydrogen-bond donors (Lipinski definition) is 1. The molecular weight excluding hydrogens is 222 g/mol. The fraction of sp³-hybridized carbons (Fsp3) is 0.818. The number of aromatic nitrogens is 2. The van der Waals surface area contributed by atoms with Crippen molar-refractivity contribution in [2.45, 2.75) is 26.0 Å². The normalized spacial score (nSPS) is 16.7. The van der Waals surface area contributed by atoms with E-state index >= 15 is 0 Å². The first-order valence-electron chi connectivity index (χ1n) is 5.84. The van der Waals surface area contributed by atoms with Crippen LogP contribution in [0.4, 0.5) is 0 Å². The molecule has 1 aromatic rings. The van der Waals surface area contributed by atoms with Crippen LogP contribution in [-0.4, -0.2) is 29.0 Å². The first-order valence-corrected chi connectivity index (χ1v) is 6.99. The van der Waals surface area contributed by atoms with Crippen molar-refractivity contribution in [1.82, 2.24) is 15.5 Å². The Labute approximate surface area is 101 Å². The van der Waals surface area contributed by atoms with Gasteiger partial charge in [-0.15, -0.1) is 0 Å². The third kappa shape index (κ3) is 3.49. The molecule has 0 radical (unpaired) electrons. The quantitative estimate of drug-likeness (QED) is 0.822. The Morgan fingerprint density at radius 1 is 1.50 bits per heavy atom. The maximum atomic E-state index is 5.19. The van der Waals surface area contributed by atoms with Gasteiger partial charge in [0.05, 0.1) is 5.75 Å². The molecule has 0 spiro atoms. The maximum Gasteiger partial charge on any atom is 0.226 e. The van der Waals surface area contributed by atoms with Crippen LogP contribution in [0.2, 0.25) is 0 Å². The zero-order valence-corrected chi connectivity index (χ0v) is 10.7. The molecule has 1 aliphatic rings. The van der Waals surface area contributed by atoms with Crippen LogP contribution in [0.5, 0.6) is 0 Å². The van der Waals surface area contributed by atoms with E-state index in [1.165, 1.54) is 5.75 Å². The maximum absolute atomic E-state index is 5.19. The van der Waals surface area contributed by atoms with Gasteiger partial charge in [0.2, 0.25) is 5.89 Å². The van der Waals surface area contributed by atoms with Crippen LogP contribution in [0.1, 0.15) is 25.6 Å². The minimum Gasteiger partial charge on any atom is -0.339 e. The molecule has 0 aliphatic carbocycles. The first kappa shape index (κ1) is 11.9. The summed E-state index contributed by atoms with van der Waals surface area (Å²) in [6.07, 6.45) is 0.879. The lowest BCUT2D eigenvalue weighted by molar-refractivity contribution is 0.360. The molecule has 1 aromatic heterocycles. The molecule has 1 N–H and O–H groups in total. The highest BCUT2D eigenvalue weighted by atomic mass is 32.2. The Morgan fingerprint density at radius 2 is 2.31 bits per heavy atom. The third-order valence-electron chi connectivity index (χ3n) is 2.54. The Hall–Kier alpha value is -0.550. The summed E-state index contributed by atoms with van der Waals surface area (Å²) in [5.74, 6) is 5.09. The van der Waals surface area contributed by atoms with Crippen molar-refractivity contribution in [3.05, 3.63) is 11.7 Å². The lowest BCUT2D eigenvalue weighted by Gasteiger charge is -2.26. The number of nitrogens with one attached hydrogen (secondary N) is 1. The topological polar surface area (TPSA) is 51.0 Å². The lowest BCUT2D eigenvalue weighted by Crippen LogP contribution is -2.43. The average Bonchev–Trinajstić information content (AvgIpc) is 2.56. The van der Waals surface area contributed by atoms with Crippen molar-refractivity contribution >= 4 is 11.8 Å². The van der Waals surface area contributed by atoms with E-state index in [0.717, 1.165) is 42.9 Å². The molecule has 0 atom stereocenters. The first-order chi connectivity index (χ1) is 7.74. The highest BCUT2D eigenvalue weighted by molar-refractivity contribution is 7.98. The second kappa shape index (κ2) is 5.68. The van der Waals surface area contributed by atoms with Gasteiger partial charge < -0.3 is 9.84 Å². The fourth-order valence-corrected chi connectivity index (χ4v) is 2.55. The molecule has 0 unspecified atom stereocenters. The van der Waals surface area contributed by atoms with E-state index < -0.39 is 0 Å². The molecular formula is C11H19N3OS. The standard InChI is InChI=1S/C11H19N3OS/c1-8(2)3-11-13-10(14-15-11)7-16-6-9-4-12-5-9/h8-9,12H,3-7H2,1-2H3. The fourth-order valence-electron chi connectivity index (χ4n) is 1.56. The van der Waals surface area contributed by atoms with Crippen molar-refractivity contribution in [2.24, 2.45) is 11.8 Å². The molecule has 1 fully saturated rings. The number of thioether (sulfide) groups is 1. The summed E-state index contributed by atoms with van der Waals surface area (Å²) < 4.78 is 5.19. The average molecular weight is 241 g/mol. The predicted octanol–water partition coefficient (Wildman–Crippen LogP) is 1.72. The molecule has 1 aliphatic heterocycles. The summed E-state index contributed by atoms with van der Waals surface area (Å²) in [6.45, 7) is 6.64. The van der Waals surface area contributed by atoms with E-state index in [4.69, 9.17) is 4.52 Å². The van der Waals surface area contributed by atoms with E-state index in [1.807, 2.05) is 11.8 Å². The van der Waals surface area contributed by atoms with Crippen LogP contribution in [0.25, 0.3) is 0 Å². The molecule has 5 heteroatoms. The van der Waals surface area contributed by atoms with E-state index in [-0.39, 0.29) is 0 Å². The van der Waals surface area contributed by atoms with Gasteiger partial charge in [0.1, 0.15) is 0 Å². The molecule has 2 heterocycles. The largest absolute Gasteiger partial charge is 0.339 e. The second-order valence-electron chi connectivity index (χ2n) is 4.74. The van der Waals surface area contributed by atoms with Gasteiger partial charge in [-0.1, -0.05) is 19.0 Å². The van der Waals surface area contributed by atoms with Gasteiger partial charge in [-0.3, -0.25) is 0 Å². The Morgan fingerprint density at radius 3 is 2.94 bits per heavy atom. The van der Waals surface area contributed by atoms with Crippen molar-refractivity contribution < 1.29 is 4.52 Å². The van der Waals surface area contributed by atoms with Crippen molar-refractivity contribution in [3.63, 3.8) is 0 Å². The smallest absolute Gasteiger partial charge is 0.226 e. The van der Waals surface area contributed by atoms with E-state index in [0.29, 0.717) is 5.92 Å². The minimum atomic E-state index is 0.571. The molecule has 16 heavy (non-hydrogen) atoms. The van der Waals surface area contributed by atoms with Crippen molar-refractivity contribution in [1.29, 1.82) is 0 Å². The van der Waals surface area contributed by atoms with Crippen LogP contribution in [0, 0.1) is 11.8 Å². The molecule has 0 amide bonds. The van der Waals surface area contributed by atoms with Gasteiger partial charge in [-0.25, -0.2) is 0 Å². The van der Waals surface area contributed by atoms with Gasteiger partial charge in [0.25, 0.3) is 0 Å². The number of hydrogen-bond acceptors (Lipinski definition) is 5. The Bertz CT molecular complexity index is 323. The van der Waals surface area contributed by atoms with Crippen LogP contribution in [-0.2, 0) is 12.2 Å². The van der Waals surface area contributed by atoms with Crippen LogP contribution in [0.3, 0.4) is 0 Å². The zero-order valence-electron chi connectivity index (χ0n) is 9.90. The Kier molecular flexibility index (Phi) is 4.23. The van der Waals surface area contributed by atoms with Gasteiger partial charge in [0.15, 0.2) is 5.82 Å². The summed E-state index contributed by atoms with van der Waals surface area (Å²) in [4.78, 5) is 4.38. The second-order valence-corrected chi connectivity index (χ2v) is 5.77. The number of nitrogens with zero attached hydrogens (tertiary/aromatic N) is 2. The van der Waals surface area contributed by atoms with Crippen molar-refractivity contribution in [3.8, 4) is 0 Å². The molecule has 0 saturated carbocycles. The van der Waals surface area contributed by atoms with Crippen molar-refractivity contribution in [2.75, 3.05) is 18.8 Å².